The van der Waals surface area contributed by atoms with Gasteiger partial charge in [-0.3, -0.25) is 0 Å². The highest BCUT2D eigenvalue weighted by Crippen LogP contribution is 2.28. The summed E-state index contributed by atoms with van der Waals surface area (Å²) in [5, 5.41) is 1.86. The van der Waals surface area contributed by atoms with Crippen LogP contribution in [0, 0.1) is 10.5 Å². The van der Waals surface area contributed by atoms with E-state index >= 15 is 0 Å². The lowest BCUT2D eigenvalue weighted by atomic mass is 10.2. The van der Waals surface area contributed by atoms with E-state index in [4.69, 9.17) is 16.0 Å². The minimum atomic E-state index is 0.761. The average Bonchev–Trinajstić information content (AvgIpc) is 2.33. The summed E-state index contributed by atoms with van der Waals surface area (Å²) in [7, 11) is 0. The van der Waals surface area contributed by atoms with Gasteiger partial charge in [-0.15, -0.1) is 0 Å². The highest BCUT2D eigenvalue weighted by Gasteiger charge is 2.06. The second-order valence-corrected chi connectivity index (χ2v) is 4.28. The number of hydrogen-bond donors (Lipinski definition) is 0. The quantitative estimate of drug-likeness (QED) is 0.669. The largest absolute Gasteiger partial charge is 0.463 e. The number of furan rings is 1. The molecule has 0 atom stereocenters. The molecule has 2 aromatic rings. The van der Waals surface area contributed by atoms with Gasteiger partial charge in [0.2, 0.25) is 0 Å². The van der Waals surface area contributed by atoms with Gasteiger partial charge in [-0.25, -0.2) is 0 Å². The van der Waals surface area contributed by atoms with Gasteiger partial charge < -0.3 is 4.42 Å². The Kier molecular flexibility index (Phi) is 2.04. The molecule has 2 rings (SSSR count). The fourth-order valence-electron chi connectivity index (χ4n) is 1.18. The van der Waals surface area contributed by atoms with Crippen LogP contribution in [-0.2, 0) is 0 Å². The smallest absolute Gasteiger partial charge is 0.147 e. The van der Waals surface area contributed by atoms with Crippen LogP contribution in [0.5, 0.6) is 0 Å². The second kappa shape index (κ2) is 2.92. The number of rotatable bonds is 0. The van der Waals surface area contributed by atoms with E-state index in [2.05, 4.69) is 22.6 Å². The van der Waals surface area contributed by atoms with Crippen LogP contribution in [0.2, 0.25) is 5.02 Å². The maximum absolute atomic E-state index is 5.91. The number of hydrogen-bond acceptors (Lipinski definition) is 1. The van der Waals surface area contributed by atoms with Crippen LogP contribution >= 0.6 is 34.2 Å². The SMILES string of the molecule is Cc1coc2c(I)cc(Cl)cc12. The van der Waals surface area contributed by atoms with Gasteiger partial charge in [-0.05, 0) is 47.2 Å². The predicted molar refractivity (Wildman–Crippen MR) is 58.7 cm³/mol. The zero-order chi connectivity index (χ0) is 8.72. The van der Waals surface area contributed by atoms with E-state index in [0.29, 0.717) is 0 Å². The monoisotopic (exact) mass is 292 g/mol. The summed E-state index contributed by atoms with van der Waals surface area (Å²) in [6, 6.07) is 3.82. The van der Waals surface area contributed by atoms with Crippen LogP contribution in [-0.4, -0.2) is 0 Å². The van der Waals surface area contributed by atoms with Crippen LogP contribution in [0.3, 0.4) is 0 Å². The number of halogens is 2. The molecular formula is C9H6ClIO. The fraction of sp³-hybridized carbons (Fsp3) is 0.111. The lowest BCUT2D eigenvalue weighted by Crippen LogP contribution is -1.74. The molecule has 0 N–H and O–H groups in total. The van der Waals surface area contributed by atoms with Gasteiger partial charge in [-0.2, -0.15) is 0 Å². The van der Waals surface area contributed by atoms with E-state index in [0.717, 1.165) is 25.1 Å². The van der Waals surface area contributed by atoms with Gasteiger partial charge in [-0.1, -0.05) is 11.6 Å². The first-order chi connectivity index (χ1) is 5.68. The van der Waals surface area contributed by atoms with Crippen LogP contribution in [0.25, 0.3) is 11.0 Å². The van der Waals surface area contributed by atoms with Crippen molar-refractivity contribution in [3.63, 3.8) is 0 Å². The molecule has 1 heterocycles. The van der Waals surface area contributed by atoms with Crippen molar-refractivity contribution in [3.8, 4) is 0 Å². The van der Waals surface area contributed by atoms with E-state index < -0.39 is 0 Å². The van der Waals surface area contributed by atoms with Crippen molar-refractivity contribution >= 4 is 45.2 Å². The van der Waals surface area contributed by atoms with E-state index in [1.165, 1.54) is 0 Å². The molecule has 0 amide bonds. The Morgan fingerprint density at radius 2 is 2.17 bits per heavy atom. The lowest BCUT2D eigenvalue weighted by Gasteiger charge is -1.94. The summed E-state index contributed by atoms with van der Waals surface area (Å²) in [6.45, 7) is 2.01. The average molecular weight is 293 g/mol. The summed E-state index contributed by atoms with van der Waals surface area (Å²) in [6.07, 6.45) is 1.75. The molecule has 0 fully saturated rings. The summed E-state index contributed by atoms with van der Waals surface area (Å²) >= 11 is 8.13. The molecule has 3 heteroatoms. The van der Waals surface area contributed by atoms with Gasteiger partial charge in [0.15, 0.2) is 0 Å². The Morgan fingerprint density at radius 1 is 1.42 bits per heavy atom. The molecule has 1 aromatic heterocycles. The molecule has 0 bridgehead atoms. The molecule has 1 nitrogen and oxygen atoms in total. The molecule has 0 radical (unpaired) electrons. The Hall–Kier alpha value is -0.220. The first-order valence-corrected chi connectivity index (χ1v) is 4.97. The molecule has 0 saturated heterocycles. The van der Waals surface area contributed by atoms with Crippen LogP contribution in [0.4, 0.5) is 0 Å². The highest BCUT2D eigenvalue weighted by molar-refractivity contribution is 14.1. The van der Waals surface area contributed by atoms with Gasteiger partial charge in [0.1, 0.15) is 5.58 Å². The van der Waals surface area contributed by atoms with E-state index in [1.807, 2.05) is 19.1 Å². The number of benzene rings is 1. The van der Waals surface area contributed by atoms with Gasteiger partial charge in [0, 0.05) is 10.4 Å². The second-order valence-electron chi connectivity index (χ2n) is 2.68. The van der Waals surface area contributed by atoms with Crippen molar-refractivity contribution in [1.29, 1.82) is 0 Å². The standard InChI is InChI=1S/C9H6ClIO/c1-5-4-12-9-7(5)2-6(10)3-8(9)11/h2-4H,1H3. The normalized spacial score (nSPS) is 10.9. The zero-order valence-electron chi connectivity index (χ0n) is 6.40. The van der Waals surface area contributed by atoms with Crippen LogP contribution < -0.4 is 0 Å². The first-order valence-electron chi connectivity index (χ1n) is 3.51. The maximum atomic E-state index is 5.91. The lowest BCUT2D eigenvalue weighted by molar-refractivity contribution is 0.611. The first kappa shape index (κ1) is 8.38. The molecule has 1 aromatic carbocycles. The molecule has 12 heavy (non-hydrogen) atoms. The van der Waals surface area contributed by atoms with Crippen molar-refractivity contribution in [2.24, 2.45) is 0 Å². The summed E-state index contributed by atoms with van der Waals surface area (Å²) in [4.78, 5) is 0. The minimum Gasteiger partial charge on any atom is -0.463 e. The van der Waals surface area contributed by atoms with Crippen molar-refractivity contribution in [2.75, 3.05) is 0 Å². The Labute approximate surface area is 88.8 Å². The molecule has 0 unspecified atom stereocenters. The number of aryl methyl sites for hydroxylation is 1. The predicted octanol–water partition coefficient (Wildman–Crippen LogP) is 4.00. The topological polar surface area (TPSA) is 13.1 Å². The van der Waals surface area contributed by atoms with Gasteiger partial charge in [0.25, 0.3) is 0 Å². The summed E-state index contributed by atoms with van der Waals surface area (Å²) in [5.74, 6) is 0. The Balaban J connectivity index is 2.92. The van der Waals surface area contributed by atoms with Crippen molar-refractivity contribution in [3.05, 3.63) is 32.6 Å². The van der Waals surface area contributed by atoms with E-state index in [9.17, 15) is 0 Å². The summed E-state index contributed by atoms with van der Waals surface area (Å²) in [5.41, 5.74) is 2.06. The third-order valence-electron chi connectivity index (χ3n) is 1.79. The van der Waals surface area contributed by atoms with E-state index in [-0.39, 0.29) is 0 Å². The highest BCUT2D eigenvalue weighted by atomic mass is 127. The van der Waals surface area contributed by atoms with Crippen molar-refractivity contribution < 1.29 is 4.42 Å². The maximum Gasteiger partial charge on any atom is 0.147 e. The zero-order valence-corrected chi connectivity index (χ0v) is 9.31. The number of fused-ring (bicyclic) bond motifs is 1. The molecule has 0 aliphatic carbocycles. The molecular weight excluding hydrogens is 286 g/mol. The van der Waals surface area contributed by atoms with Crippen molar-refractivity contribution in [2.45, 2.75) is 6.92 Å². The Bertz CT molecular complexity index is 433. The third-order valence-corrected chi connectivity index (χ3v) is 2.81. The molecule has 0 aliphatic heterocycles. The van der Waals surface area contributed by atoms with E-state index in [1.54, 1.807) is 6.26 Å². The van der Waals surface area contributed by atoms with Crippen molar-refractivity contribution in [1.82, 2.24) is 0 Å². The Morgan fingerprint density at radius 3 is 2.92 bits per heavy atom. The van der Waals surface area contributed by atoms with Gasteiger partial charge in [0.05, 0.1) is 9.83 Å². The van der Waals surface area contributed by atoms with Gasteiger partial charge >= 0.3 is 0 Å². The minimum absolute atomic E-state index is 0.761. The van der Waals surface area contributed by atoms with Crippen LogP contribution in [0.1, 0.15) is 5.56 Å². The molecule has 0 aliphatic rings. The fourth-order valence-corrected chi connectivity index (χ4v) is 2.34. The van der Waals surface area contributed by atoms with Crippen LogP contribution in [0.15, 0.2) is 22.8 Å². The molecule has 62 valence electrons. The third kappa shape index (κ3) is 1.23. The summed E-state index contributed by atoms with van der Waals surface area (Å²) < 4.78 is 6.43. The molecule has 0 spiro atoms. The molecule has 0 saturated carbocycles.